The van der Waals surface area contributed by atoms with Crippen molar-refractivity contribution < 1.29 is 4.74 Å². The van der Waals surface area contributed by atoms with Crippen molar-refractivity contribution in [2.75, 3.05) is 0 Å². The third-order valence-corrected chi connectivity index (χ3v) is 2.60. The van der Waals surface area contributed by atoms with E-state index >= 15 is 0 Å². The molecule has 3 nitrogen and oxygen atoms in total. The van der Waals surface area contributed by atoms with Crippen LogP contribution in [0.1, 0.15) is 31.4 Å². The van der Waals surface area contributed by atoms with E-state index < -0.39 is 0 Å². The molecule has 80 valence electrons. The van der Waals surface area contributed by atoms with Gasteiger partial charge in [-0.3, -0.25) is 0 Å². The van der Waals surface area contributed by atoms with Crippen molar-refractivity contribution in [1.29, 1.82) is 0 Å². The Labute approximate surface area is 90.0 Å². The van der Waals surface area contributed by atoms with E-state index in [1.165, 1.54) is 0 Å². The zero-order valence-electron chi connectivity index (χ0n) is 8.89. The molecule has 1 aromatic carbocycles. The van der Waals surface area contributed by atoms with Crippen molar-refractivity contribution >= 4 is 6.02 Å². The SMILES string of the molecule is CCCC1N=C(N)OC1c1ccccc1. The van der Waals surface area contributed by atoms with Crippen LogP contribution in [-0.2, 0) is 4.74 Å². The molecule has 0 radical (unpaired) electrons. The number of amidine groups is 1. The van der Waals surface area contributed by atoms with Crippen LogP contribution < -0.4 is 5.73 Å². The minimum atomic E-state index is 0.00569. The fraction of sp³-hybridized carbons (Fsp3) is 0.417. The Morgan fingerprint density at radius 3 is 2.73 bits per heavy atom. The van der Waals surface area contributed by atoms with Gasteiger partial charge >= 0.3 is 0 Å². The molecule has 15 heavy (non-hydrogen) atoms. The standard InChI is InChI=1S/C12H16N2O/c1-2-6-10-11(15-12(13)14-10)9-7-4-3-5-8-9/h3-5,7-8,10-11H,2,6H2,1H3,(H2,13,14). The number of hydrogen-bond acceptors (Lipinski definition) is 3. The van der Waals surface area contributed by atoms with Crippen molar-refractivity contribution in [2.24, 2.45) is 10.7 Å². The third kappa shape index (κ3) is 2.12. The van der Waals surface area contributed by atoms with Crippen LogP contribution in [0.5, 0.6) is 0 Å². The molecule has 0 spiro atoms. The molecule has 1 heterocycles. The van der Waals surface area contributed by atoms with E-state index in [1.54, 1.807) is 0 Å². The van der Waals surface area contributed by atoms with E-state index in [-0.39, 0.29) is 12.1 Å². The van der Waals surface area contributed by atoms with Gasteiger partial charge in [0.25, 0.3) is 6.02 Å². The Morgan fingerprint density at radius 1 is 1.33 bits per heavy atom. The van der Waals surface area contributed by atoms with Crippen molar-refractivity contribution in [2.45, 2.75) is 31.9 Å². The van der Waals surface area contributed by atoms with Gasteiger partial charge in [-0.25, -0.2) is 4.99 Å². The Morgan fingerprint density at radius 2 is 2.07 bits per heavy atom. The van der Waals surface area contributed by atoms with Crippen LogP contribution in [0.15, 0.2) is 35.3 Å². The molecule has 0 saturated carbocycles. The molecule has 0 bridgehead atoms. The Kier molecular flexibility index (Phi) is 2.90. The first-order valence-corrected chi connectivity index (χ1v) is 5.36. The van der Waals surface area contributed by atoms with Crippen LogP contribution in [0.2, 0.25) is 0 Å². The van der Waals surface area contributed by atoms with Gasteiger partial charge in [-0.15, -0.1) is 0 Å². The average molecular weight is 204 g/mol. The van der Waals surface area contributed by atoms with Crippen LogP contribution in [-0.4, -0.2) is 12.1 Å². The van der Waals surface area contributed by atoms with E-state index in [0.717, 1.165) is 18.4 Å². The highest BCUT2D eigenvalue weighted by Crippen LogP contribution is 2.30. The quantitative estimate of drug-likeness (QED) is 0.820. The summed E-state index contributed by atoms with van der Waals surface area (Å²) in [7, 11) is 0. The highest BCUT2D eigenvalue weighted by molar-refractivity contribution is 5.73. The highest BCUT2D eigenvalue weighted by atomic mass is 16.5. The minimum Gasteiger partial charge on any atom is -0.455 e. The summed E-state index contributed by atoms with van der Waals surface area (Å²) in [6, 6.07) is 10.6. The zero-order chi connectivity index (χ0) is 10.7. The number of hydrogen-bond donors (Lipinski definition) is 1. The van der Waals surface area contributed by atoms with Crippen molar-refractivity contribution in [3.63, 3.8) is 0 Å². The lowest BCUT2D eigenvalue weighted by Gasteiger charge is -2.16. The molecule has 0 saturated heterocycles. The number of ether oxygens (including phenoxy) is 1. The average Bonchev–Trinajstić information content (AvgIpc) is 2.62. The molecule has 3 heteroatoms. The van der Waals surface area contributed by atoms with Crippen LogP contribution in [0.25, 0.3) is 0 Å². The first kappa shape index (κ1) is 10.0. The van der Waals surface area contributed by atoms with E-state index in [4.69, 9.17) is 10.5 Å². The molecular formula is C12H16N2O. The predicted octanol–water partition coefficient (Wildman–Crippen LogP) is 2.24. The zero-order valence-corrected chi connectivity index (χ0v) is 8.89. The van der Waals surface area contributed by atoms with Crippen molar-refractivity contribution in [1.82, 2.24) is 0 Å². The second-order valence-electron chi connectivity index (χ2n) is 3.77. The van der Waals surface area contributed by atoms with E-state index in [1.807, 2.05) is 18.2 Å². The van der Waals surface area contributed by atoms with Crippen LogP contribution >= 0.6 is 0 Å². The topological polar surface area (TPSA) is 47.6 Å². The minimum absolute atomic E-state index is 0.00569. The molecule has 0 aliphatic carbocycles. The third-order valence-electron chi connectivity index (χ3n) is 2.60. The largest absolute Gasteiger partial charge is 0.455 e. The Bertz CT molecular complexity index is 348. The van der Waals surface area contributed by atoms with Gasteiger partial charge in [-0.05, 0) is 12.0 Å². The van der Waals surface area contributed by atoms with Crippen molar-refractivity contribution in [3.05, 3.63) is 35.9 Å². The molecule has 2 atom stereocenters. The number of aliphatic imine (C=N–C) groups is 1. The summed E-state index contributed by atoms with van der Waals surface area (Å²) >= 11 is 0. The van der Waals surface area contributed by atoms with Gasteiger partial charge in [0.15, 0.2) is 0 Å². The van der Waals surface area contributed by atoms with E-state index in [0.29, 0.717) is 6.02 Å². The summed E-state index contributed by atoms with van der Waals surface area (Å²) in [5.41, 5.74) is 6.76. The molecular weight excluding hydrogens is 188 g/mol. The fourth-order valence-corrected chi connectivity index (χ4v) is 1.91. The molecule has 1 aliphatic heterocycles. The lowest BCUT2D eigenvalue weighted by atomic mass is 10.00. The molecule has 2 N–H and O–H groups in total. The normalized spacial score (nSPS) is 24.7. The molecule has 2 unspecified atom stereocenters. The lowest BCUT2D eigenvalue weighted by Crippen LogP contribution is -2.15. The number of nitrogens with two attached hydrogens (primary N) is 1. The second-order valence-corrected chi connectivity index (χ2v) is 3.77. The van der Waals surface area contributed by atoms with Gasteiger partial charge in [0, 0.05) is 0 Å². The first-order valence-electron chi connectivity index (χ1n) is 5.36. The van der Waals surface area contributed by atoms with Crippen molar-refractivity contribution in [3.8, 4) is 0 Å². The van der Waals surface area contributed by atoms with Gasteiger partial charge in [-0.2, -0.15) is 0 Å². The smallest absolute Gasteiger partial charge is 0.283 e. The van der Waals surface area contributed by atoms with Crippen LogP contribution in [0.3, 0.4) is 0 Å². The summed E-state index contributed by atoms with van der Waals surface area (Å²) in [4.78, 5) is 4.31. The summed E-state index contributed by atoms with van der Waals surface area (Å²) in [6.07, 6.45) is 2.11. The predicted molar refractivity (Wildman–Crippen MR) is 60.6 cm³/mol. The van der Waals surface area contributed by atoms with Gasteiger partial charge in [0.1, 0.15) is 6.10 Å². The first-order chi connectivity index (χ1) is 7.31. The van der Waals surface area contributed by atoms with Gasteiger partial charge in [-0.1, -0.05) is 43.7 Å². The summed E-state index contributed by atoms with van der Waals surface area (Å²) in [5.74, 6) is 0. The molecule has 1 aromatic rings. The summed E-state index contributed by atoms with van der Waals surface area (Å²) in [6.45, 7) is 2.14. The second kappa shape index (κ2) is 4.34. The van der Waals surface area contributed by atoms with E-state index in [9.17, 15) is 0 Å². The number of rotatable bonds is 3. The molecule has 0 fully saturated rings. The molecule has 1 aliphatic rings. The summed E-state index contributed by atoms with van der Waals surface area (Å²) < 4.78 is 5.54. The maximum Gasteiger partial charge on any atom is 0.283 e. The number of nitrogens with zero attached hydrogens (tertiary/aromatic N) is 1. The molecule has 2 rings (SSSR count). The van der Waals surface area contributed by atoms with Crippen LogP contribution in [0.4, 0.5) is 0 Å². The van der Waals surface area contributed by atoms with Gasteiger partial charge < -0.3 is 10.5 Å². The molecule has 0 aromatic heterocycles. The Hall–Kier alpha value is -1.51. The monoisotopic (exact) mass is 204 g/mol. The number of benzene rings is 1. The van der Waals surface area contributed by atoms with Crippen LogP contribution in [0, 0.1) is 0 Å². The highest BCUT2D eigenvalue weighted by Gasteiger charge is 2.30. The van der Waals surface area contributed by atoms with Gasteiger partial charge in [0.2, 0.25) is 0 Å². The molecule has 0 amide bonds. The fourth-order valence-electron chi connectivity index (χ4n) is 1.91. The maximum atomic E-state index is 5.61. The van der Waals surface area contributed by atoms with E-state index in [2.05, 4.69) is 24.0 Å². The Balaban J connectivity index is 2.16. The lowest BCUT2D eigenvalue weighted by molar-refractivity contribution is 0.188. The maximum absolute atomic E-state index is 5.61. The summed E-state index contributed by atoms with van der Waals surface area (Å²) in [5, 5.41) is 0. The van der Waals surface area contributed by atoms with Gasteiger partial charge in [0.05, 0.1) is 6.04 Å².